The number of aromatic hydroxyl groups is 1. The SMILES string of the molecule is CN1c2ccccc2N(CCCOC(=O)CCc2cc(-n3nc4ccccc4n3)c(O)c(C(C)(C)C)c2)c2ccccc21. The Balaban J connectivity index is 1.11. The van der Waals surface area contributed by atoms with Crippen LogP contribution in [0.25, 0.3) is 16.7 Å². The Labute approximate surface area is 252 Å². The molecule has 0 radical (unpaired) electrons. The predicted octanol–water partition coefficient (Wildman–Crippen LogP) is 7.21. The van der Waals surface area contributed by atoms with E-state index in [1.54, 1.807) is 0 Å². The third-order valence-corrected chi connectivity index (χ3v) is 7.93. The molecule has 0 aliphatic carbocycles. The molecule has 220 valence electrons. The summed E-state index contributed by atoms with van der Waals surface area (Å²) < 4.78 is 5.67. The van der Waals surface area contributed by atoms with Crippen molar-refractivity contribution in [3.63, 3.8) is 0 Å². The van der Waals surface area contributed by atoms with E-state index in [1.165, 1.54) is 4.80 Å². The molecule has 0 fully saturated rings. The van der Waals surface area contributed by atoms with Crippen molar-refractivity contribution in [2.24, 2.45) is 0 Å². The van der Waals surface area contributed by atoms with Crippen molar-refractivity contribution >= 4 is 39.8 Å². The molecule has 2 heterocycles. The fraction of sp³-hybridized carbons (Fsp3) is 0.286. The van der Waals surface area contributed by atoms with Gasteiger partial charge >= 0.3 is 5.97 Å². The number of para-hydroxylation sites is 4. The minimum absolute atomic E-state index is 0.145. The van der Waals surface area contributed by atoms with E-state index in [1.807, 2.05) is 57.2 Å². The number of benzene rings is 4. The topological polar surface area (TPSA) is 83.7 Å². The highest BCUT2D eigenvalue weighted by atomic mass is 16.5. The van der Waals surface area contributed by atoms with E-state index < -0.39 is 0 Å². The molecule has 0 amide bonds. The number of hydrogen-bond donors (Lipinski definition) is 1. The smallest absolute Gasteiger partial charge is 0.306 e. The van der Waals surface area contributed by atoms with E-state index in [-0.39, 0.29) is 23.6 Å². The van der Waals surface area contributed by atoms with Crippen molar-refractivity contribution in [1.29, 1.82) is 0 Å². The van der Waals surface area contributed by atoms with Crippen molar-refractivity contribution in [3.8, 4) is 11.4 Å². The second-order valence-corrected chi connectivity index (χ2v) is 12.0. The average Bonchev–Trinajstić information content (AvgIpc) is 3.44. The Bertz CT molecular complexity index is 1710. The molecule has 0 spiro atoms. The van der Waals surface area contributed by atoms with Crippen LogP contribution in [-0.2, 0) is 21.4 Å². The number of aryl methyl sites for hydroxylation is 1. The Morgan fingerprint density at radius 1 is 0.814 bits per heavy atom. The van der Waals surface area contributed by atoms with Crippen LogP contribution in [0, 0.1) is 0 Å². The molecule has 1 aliphatic heterocycles. The third kappa shape index (κ3) is 5.65. The van der Waals surface area contributed by atoms with Gasteiger partial charge in [0.25, 0.3) is 0 Å². The number of rotatable bonds is 8. The Kier molecular flexibility index (Phi) is 7.52. The van der Waals surface area contributed by atoms with Gasteiger partial charge in [-0.1, -0.05) is 63.2 Å². The molecule has 0 unspecified atom stereocenters. The van der Waals surface area contributed by atoms with Gasteiger partial charge in [0.2, 0.25) is 0 Å². The molecule has 1 aliphatic rings. The molecule has 1 aromatic heterocycles. The molecule has 6 rings (SSSR count). The maximum Gasteiger partial charge on any atom is 0.306 e. The first kappa shape index (κ1) is 28.3. The molecule has 8 nitrogen and oxygen atoms in total. The van der Waals surface area contributed by atoms with Crippen molar-refractivity contribution in [1.82, 2.24) is 15.0 Å². The lowest BCUT2D eigenvalue weighted by atomic mass is 9.84. The number of nitrogens with zero attached hydrogens (tertiary/aromatic N) is 5. The largest absolute Gasteiger partial charge is 0.505 e. The van der Waals surface area contributed by atoms with Gasteiger partial charge in [-0.2, -0.15) is 0 Å². The van der Waals surface area contributed by atoms with Gasteiger partial charge < -0.3 is 19.6 Å². The number of hydrogen-bond acceptors (Lipinski definition) is 7. The summed E-state index contributed by atoms with van der Waals surface area (Å²) in [5.41, 5.74) is 7.97. The zero-order valence-electron chi connectivity index (χ0n) is 25.1. The van der Waals surface area contributed by atoms with E-state index in [9.17, 15) is 9.90 Å². The fourth-order valence-corrected chi connectivity index (χ4v) is 5.69. The molecular weight excluding hydrogens is 538 g/mol. The van der Waals surface area contributed by atoms with Crippen LogP contribution < -0.4 is 9.80 Å². The maximum absolute atomic E-state index is 12.8. The zero-order valence-corrected chi connectivity index (χ0v) is 25.1. The molecule has 5 aromatic rings. The van der Waals surface area contributed by atoms with E-state index >= 15 is 0 Å². The molecule has 1 N–H and O–H groups in total. The van der Waals surface area contributed by atoms with Crippen LogP contribution in [-0.4, -0.2) is 46.3 Å². The highest BCUT2D eigenvalue weighted by molar-refractivity contribution is 5.92. The standard InChI is InChI=1S/C35H37N5O3/c1-35(2,3)25-22-24(23-32(34(25)42)40-36-26-12-5-6-13-27(26)37-40)18-19-33(41)43-21-11-20-39-30-16-9-7-14-28(30)38(4)29-15-8-10-17-31(29)39/h5-10,12-17,22-23,42H,11,18-21H2,1-4H3. The number of fused-ring (bicyclic) bond motifs is 3. The second kappa shape index (κ2) is 11.4. The van der Waals surface area contributed by atoms with Crippen molar-refractivity contribution in [2.75, 3.05) is 30.0 Å². The lowest BCUT2D eigenvalue weighted by molar-refractivity contribution is -0.143. The summed E-state index contributed by atoms with van der Waals surface area (Å²) in [5.74, 6) is -0.0970. The quantitative estimate of drug-likeness (QED) is 0.155. The van der Waals surface area contributed by atoms with Gasteiger partial charge in [-0.25, -0.2) is 0 Å². The minimum Gasteiger partial charge on any atom is -0.505 e. The number of esters is 1. The maximum atomic E-state index is 12.8. The highest BCUT2D eigenvalue weighted by Gasteiger charge is 2.26. The summed E-state index contributed by atoms with van der Waals surface area (Å²) in [6.45, 7) is 7.22. The molecule has 43 heavy (non-hydrogen) atoms. The van der Waals surface area contributed by atoms with Crippen LogP contribution >= 0.6 is 0 Å². The number of phenolic OH excluding ortho intramolecular Hbond substituents is 1. The average molecular weight is 576 g/mol. The molecule has 0 atom stereocenters. The third-order valence-electron chi connectivity index (χ3n) is 7.93. The molecule has 8 heteroatoms. The van der Waals surface area contributed by atoms with Gasteiger partial charge in [0.15, 0.2) is 0 Å². The number of aromatic nitrogens is 3. The van der Waals surface area contributed by atoms with Crippen LogP contribution in [0.15, 0.2) is 84.9 Å². The highest BCUT2D eigenvalue weighted by Crippen LogP contribution is 2.46. The van der Waals surface area contributed by atoms with Gasteiger partial charge in [-0.05, 0) is 66.3 Å². The second-order valence-electron chi connectivity index (χ2n) is 12.0. The van der Waals surface area contributed by atoms with E-state index in [0.717, 1.165) is 51.5 Å². The van der Waals surface area contributed by atoms with Crippen LogP contribution in [0.5, 0.6) is 5.75 Å². The van der Waals surface area contributed by atoms with Crippen LogP contribution in [0.4, 0.5) is 22.7 Å². The normalized spacial score (nSPS) is 12.7. The monoisotopic (exact) mass is 575 g/mol. The molecule has 0 saturated heterocycles. The molecule has 0 saturated carbocycles. The minimum atomic E-state index is -0.317. The number of phenols is 1. The van der Waals surface area contributed by atoms with Gasteiger partial charge in [0, 0.05) is 25.6 Å². The van der Waals surface area contributed by atoms with E-state index in [0.29, 0.717) is 25.1 Å². The predicted molar refractivity (Wildman–Crippen MR) is 171 cm³/mol. The van der Waals surface area contributed by atoms with Gasteiger partial charge in [0.1, 0.15) is 22.5 Å². The number of carbonyl (C=O) groups excluding carboxylic acids is 1. The van der Waals surface area contributed by atoms with Gasteiger partial charge in [0.05, 0.1) is 29.4 Å². The lowest BCUT2D eigenvalue weighted by Gasteiger charge is -2.38. The first-order valence-corrected chi connectivity index (χ1v) is 14.7. The fourth-order valence-electron chi connectivity index (χ4n) is 5.69. The summed E-state index contributed by atoms with van der Waals surface area (Å²) in [6.07, 6.45) is 1.42. The van der Waals surface area contributed by atoms with E-state index in [2.05, 4.69) is 75.6 Å². The van der Waals surface area contributed by atoms with Crippen molar-refractivity contribution in [3.05, 3.63) is 96.1 Å². The first-order chi connectivity index (χ1) is 20.7. The van der Waals surface area contributed by atoms with Gasteiger partial charge in [-0.15, -0.1) is 15.0 Å². The lowest BCUT2D eigenvalue weighted by Crippen LogP contribution is -2.28. The van der Waals surface area contributed by atoms with Crippen LogP contribution in [0.3, 0.4) is 0 Å². The molecular formula is C35H37N5O3. The molecule has 0 bridgehead atoms. The summed E-state index contributed by atoms with van der Waals surface area (Å²) in [4.78, 5) is 18.8. The Hall–Kier alpha value is -4.85. The number of ether oxygens (including phenoxy) is 1. The zero-order chi connectivity index (χ0) is 30.1. The first-order valence-electron chi connectivity index (χ1n) is 14.7. The molecule has 4 aromatic carbocycles. The Morgan fingerprint density at radius 3 is 1.95 bits per heavy atom. The summed E-state index contributed by atoms with van der Waals surface area (Å²) >= 11 is 0. The summed E-state index contributed by atoms with van der Waals surface area (Å²) in [5, 5.41) is 20.3. The van der Waals surface area contributed by atoms with Gasteiger partial charge in [-0.3, -0.25) is 4.79 Å². The summed E-state index contributed by atoms with van der Waals surface area (Å²) in [6, 6.07) is 28.2. The number of anilines is 4. The summed E-state index contributed by atoms with van der Waals surface area (Å²) in [7, 11) is 2.09. The van der Waals surface area contributed by atoms with Crippen molar-refractivity contribution < 1.29 is 14.6 Å². The van der Waals surface area contributed by atoms with E-state index in [4.69, 9.17) is 4.74 Å². The van der Waals surface area contributed by atoms with Crippen LogP contribution in [0.2, 0.25) is 0 Å². The Morgan fingerprint density at radius 2 is 1.37 bits per heavy atom. The number of carbonyl (C=O) groups is 1. The van der Waals surface area contributed by atoms with Crippen LogP contribution in [0.1, 0.15) is 44.7 Å². The van der Waals surface area contributed by atoms with Crippen molar-refractivity contribution in [2.45, 2.75) is 45.4 Å².